The molecular formula is C6H11NO. The van der Waals surface area contributed by atoms with Gasteiger partial charge in [-0.3, -0.25) is 0 Å². The highest BCUT2D eigenvalue weighted by Gasteiger charge is 2.30. The van der Waals surface area contributed by atoms with Crippen LogP contribution >= 0.6 is 0 Å². The molecule has 1 aliphatic carbocycles. The zero-order chi connectivity index (χ0) is 6.15. The quantitative estimate of drug-likeness (QED) is 0.217. The van der Waals surface area contributed by atoms with Gasteiger partial charge in [0.15, 0.2) is 11.8 Å². The topological polar surface area (TPSA) is 26.1 Å². The molecule has 0 aromatic heterocycles. The minimum absolute atomic E-state index is 0.333. The summed E-state index contributed by atoms with van der Waals surface area (Å²) in [6, 6.07) is 0.333. The average molecular weight is 113 g/mol. The van der Waals surface area contributed by atoms with Gasteiger partial charge in [-0.05, 0) is 0 Å². The zero-order valence-electron chi connectivity index (χ0n) is 5.35. The van der Waals surface area contributed by atoms with Gasteiger partial charge in [0.25, 0.3) is 0 Å². The molecule has 2 nitrogen and oxygen atoms in total. The molecule has 0 aromatic rings. The lowest BCUT2D eigenvalue weighted by Crippen LogP contribution is -2.11. The summed E-state index contributed by atoms with van der Waals surface area (Å²) >= 11 is 0. The Morgan fingerprint density at radius 3 is 2.12 bits per heavy atom. The second kappa shape index (κ2) is 1.77. The van der Waals surface area contributed by atoms with E-state index < -0.39 is 0 Å². The van der Waals surface area contributed by atoms with Crippen molar-refractivity contribution in [2.45, 2.75) is 32.7 Å². The van der Waals surface area contributed by atoms with E-state index >= 15 is 0 Å². The van der Waals surface area contributed by atoms with Gasteiger partial charge in [-0.2, -0.15) is 0 Å². The van der Waals surface area contributed by atoms with E-state index in [0.29, 0.717) is 6.04 Å². The summed E-state index contributed by atoms with van der Waals surface area (Å²) in [5.41, 5.74) is 0.882. The fourth-order valence-corrected chi connectivity index (χ4v) is 0.674. The summed E-state index contributed by atoms with van der Waals surface area (Å²) in [6.07, 6.45) is 2.18. The Morgan fingerprint density at radius 1 is 1.50 bits per heavy atom. The lowest BCUT2D eigenvalue weighted by Gasteiger charge is -2.01. The molecule has 46 valence electrons. The molecule has 0 spiro atoms. The van der Waals surface area contributed by atoms with Crippen molar-refractivity contribution in [3.63, 3.8) is 0 Å². The van der Waals surface area contributed by atoms with Crippen LogP contribution in [0.1, 0.15) is 26.7 Å². The maximum absolute atomic E-state index is 10.8. The third-order valence-corrected chi connectivity index (χ3v) is 1.32. The fourth-order valence-electron chi connectivity index (χ4n) is 0.674. The van der Waals surface area contributed by atoms with Gasteiger partial charge in [0, 0.05) is 26.7 Å². The Labute approximate surface area is 49.4 Å². The Hall–Kier alpha value is -0.530. The second-order valence-corrected chi connectivity index (χ2v) is 2.50. The first-order valence-corrected chi connectivity index (χ1v) is 2.98. The van der Waals surface area contributed by atoms with E-state index in [1.807, 2.05) is 13.8 Å². The van der Waals surface area contributed by atoms with Crippen LogP contribution in [0.25, 0.3) is 0 Å². The third kappa shape index (κ3) is 0.997. The van der Waals surface area contributed by atoms with E-state index in [4.69, 9.17) is 0 Å². The van der Waals surface area contributed by atoms with Crippen molar-refractivity contribution in [2.75, 3.05) is 0 Å². The van der Waals surface area contributed by atoms with Gasteiger partial charge in [0.1, 0.15) is 0 Å². The molecule has 0 radical (unpaired) electrons. The van der Waals surface area contributed by atoms with Crippen molar-refractivity contribution in [3.8, 4) is 0 Å². The molecular weight excluding hydrogens is 102 g/mol. The van der Waals surface area contributed by atoms with Gasteiger partial charge in [-0.15, -0.1) is 0 Å². The molecule has 0 bridgehead atoms. The Bertz CT molecular complexity index is 120. The van der Waals surface area contributed by atoms with Crippen LogP contribution in [0.15, 0.2) is 0 Å². The van der Waals surface area contributed by atoms with Gasteiger partial charge in [0.05, 0.1) is 0 Å². The van der Waals surface area contributed by atoms with Gasteiger partial charge in [-0.1, -0.05) is 0 Å². The highest BCUT2D eigenvalue weighted by atomic mass is 16.5. The van der Waals surface area contributed by atoms with Crippen molar-refractivity contribution in [2.24, 2.45) is 0 Å². The van der Waals surface area contributed by atoms with Crippen LogP contribution in [-0.4, -0.2) is 16.5 Å². The number of hydroxylamine groups is 1. The molecule has 0 saturated heterocycles. The minimum Gasteiger partial charge on any atom is -0.624 e. The van der Waals surface area contributed by atoms with Gasteiger partial charge in [-0.25, -0.2) is 4.74 Å². The zero-order valence-corrected chi connectivity index (χ0v) is 5.35. The molecule has 0 amide bonds. The number of hydrogen-bond donors (Lipinski definition) is 0. The van der Waals surface area contributed by atoms with Crippen LogP contribution in [0.4, 0.5) is 0 Å². The van der Waals surface area contributed by atoms with E-state index in [9.17, 15) is 5.21 Å². The summed E-state index contributed by atoms with van der Waals surface area (Å²) in [4.78, 5) is 0. The van der Waals surface area contributed by atoms with Crippen molar-refractivity contribution in [1.82, 2.24) is 0 Å². The van der Waals surface area contributed by atoms with E-state index in [2.05, 4.69) is 0 Å². The average Bonchev–Trinajstić information content (AvgIpc) is 2.43. The molecule has 0 N–H and O–H groups in total. The van der Waals surface area contributed by atoms with E-state index in [1.54, 1.807) is 0 Å². The van der Waals surface area contributed by atoms with Crippen LogP contribution in [0.5, 0.6) is 0 Å². The molecule has 0 atom stereocenters. The maximum Gasteiger partial charge on any atom is 0.163 e. The molecule has 2 heteroatoms. The van der Waals surface area contributed by atoms with Gasteiger partial charge in [0.2, 0.25) is 0 Å². The summed E-state index contributed by atoms with van der Waals surface area (Å²) in [5.74, 6) is 0. The van der Waals surface area contributed by atoms with Crippen LogP contribution in [-0.2, 0) is 0 Å². The number of hydrogen-bond acceptors (Lipinski definition) is 1. The molecule has 8 heavy (non-hydrogen) atoms. The smallest absolute Gasteiger partial charge is 0.163 e. The maximum atomic E-state index is 10.8. The first-order chi connectivity index (χ1) is 3.72. The van der Waals surface area contributed by atoms with Crippen LogP contribution in [0.3, 0.4) is 0 Å². The van der Waals surface area contributed by atoms with Crippen molar-refractivity contribution >= 4 is 5.71 Å². The lowest BCUT2D eigenvalue weighted by atomic mass is 10.5. The molecule has 0 aliphatic heterocycles. The SMILES string of the molecule is CC(C)=[N+]([O-])C1CC1. The monoisotopic (exact) mass is 113 g/mol. The van der Waals surface area contributed by atoms with E-state index in [-0.39, 0.29) is 0 Å². The molecule has 1 rings (SSSR count). The molecule has 0 aromatic carbocycles. The number of nitrogens with zero attached hydrogens (tertiary/aromatic N) is 1. The van der Waals surface area contributed by atoms with Crippen LogP contribution < -0.4 is 0 Å². The van der Waals surface area contributed by atoms with Gasteiger partial charge >= 0.3 is 0 Å². The molecule has 1 aliphatic rings. The predicted molar refractivity (Wildman–Crippen MR) is 33.0 cm³/mol. The predicted octanol–water partition coefficient (Wildman–Crippen LogP) is 1.14. The fraction of sp³-hybridized carbons (Fsp3) is 0.833. The summed E-state index contributed by atoms with van der Waals surface area (Å²) < 4.78 is 1.11. The molecule has 0 unspecified atom stereocenters. The Balaban J connectivity index is 2.54. The Kier molecular flexibility index (Phi) is 1.24. The molecule has 1 saturated carbocycles. The highest BCUT2D eigenvalue weighted by Crippen LogP contribution is 2.22. The standard InChI is InChI=1S/C6H11NO/c1-5(2)7(8)6-3-4-6/h6H,3-4H2,1-2H3. The lowest BCUT2D eigenvalue weighted by molar-refractivity contribution is -0.473. The first kappa shape index (κ1) is 5.60. The number of rotatable bonds is 1. The van der Waals surface area contributed by atoms with Crippen LogP contribution in [0.2, 0.25) is 0 Å². The first-order valence-electron chi connectivity index (χ1n) is 2.98. The Morgan fingerprint density at radius 2 is 2.00 bits per heavy atom. The van der Waals surface area contributed by atoms with E-state index in [0.717, 1.165) is 23.3 Å². The minimum atomic E-state index is 0.333. The summed E-state index contributed by atoms with van der Waals surface area (Å²) in [6.45, 7) is 3.70. The second-order valence-electron chi connectivity index (χ2n) is 2.50. The molecule has 1 fully saturated rings. The summed E-state index contributed by atoms with van der Waals surface area (Å²) in [5, 5.41) is 10.8. The largest absolute Gasteiger partial charge is 0.624 e. The third-order valence-electron chi connectivity index (χ3n) is 1.32. The van der Waals surface area contributed by atoms with E-state index in [1.165, 1.54) is 0 Å². The van der Waals surface area contributed by atoms with Crippen molar-refractivity contribution < 1.29 is 4.74 Å². The molecule has 0 heterocycles. The van der Waals surface area contributed by atoms with Crippen molar-refractivity contribution in [1.29, 1.82) is 0 Å². The van der Waals surface area contributed by atoms with Crippen molar-refractivity contribution in [3.05, 3.63) is 5.21 Å². The summed E-state index contributed by atoms with van der Waals surface area (Å²) in [7, 11) is 0. The highest BCUT2D eigenvalue weighted by molar-refractivity contribution is 5.74. The van der Waals surface area contributed by atoms with Gasteiger partial charge < -0.3 is 5.21 Å². The normalized spacial score (nSPS) is 18.2. The van der Waals surface area contributed by atoms with Crippen LogP contribution in [0, 0.1) is 5.21 Å².